The Labute approximate surface area is 154 Å². The van der Waals surface area contributed by atoms with E-state index in [0.29, 0.717) is 0 Å². The summed E-state index contributed by atoms with van der Waals surface area (Å²) < 4.78 is 15.8. The van der Waals surface area contributed by atoms with Gasteiger partial charge in [0.2, 0.25) is 5.91 Å². The molecule has 4 atom stereocenters. The first-order valence-electron chi connectivity index (χ1n) is 8.81. The number of esters is 2. The highest BCUT2D eigenvalue weighted by atomic mass is 16.6. The lowest BCUT2D eigenvalue weighted by atomic mass is 10.0. The fraction of sp³-hybridized carbons (Fsp3) is 0.632. The van der Waals surface area contributed by atoms with Gasteiger partial charge in [-0.2, -0.15) is 0 Å². The van der Waals surface area contributed by atoms with Gasteiger partial charge in [0, 0.05) is 25.4 Å². The van der Waals surface area contributed by atoms with E-state index in [1.807, 2.05) is 19.9 Å². The van der Waals surface area contributed by atoms with Crippen LogP contribution < -0.4 is 5.32 Å². The van der Waals surface area contributed by atoms with Crippen molar-refractivity contribution in [1.82, 2.24) is 5.32 Å². The van der Waals surface area contributed by atoms with Crippen LogP contribution in [-0.4, -0.2) is 50.3 Å². The summed E-state index contributed by atoms with van der Waals surface area (Å²) in [5, 5.41) is 2.61. The van der Waals surface area contributed by atoms with Gasteiger partial charge in [0.25, 0.3) is 0 Å². The van der Waals surface area contributed by atoms with E-state index in [2.05, 4.69) is 5.32 Å². The molecule has 0 aromatic heterocycles. The van der Waals surface area contributed by atoms with E-state index in [4.69, 9.17) is 14.2 Å². The van der Waals surface area contributed by atoms with Crippen LogP contribution in [0.2, 0.25) is 0 Å². The molecule has 0 unspecified atom stereocenters. The molecular weight excluding hydrogens is 338 g/mol. The fourth-order valence-electron chi connectivity index (χ4n) is 2.33. The molecule has 1 amide bonds. The van der Waals surface area contributed by atoms with Crippen molar-refractivity contribution < 1.29 is 28.6 Å². The SMILES string of the molecule is CO[C@H]1COC(=O)C/C=C/[C@@H](C)COC(=O)[C@@H](C)NC(=O)C/C=C/[C@@H]1C. The smallest absolute Gasteiger partial charge is 0.328 e. The minimum Gasteiger partial charge on any atom is -0.464 e. The standard InChI is InChI=1S/C19H29NO6/c1-13-7-5-10-18(22)25-12-16(24-4)14(2)8-6-9-17(21)20-15(3)19(23)26-11-13/h5-8,13-16H,9-12H2,1-4H3,(H,20,21)/b7-5+,8-6+/t13-,14+,15-,16+/m1/s1. The molecule has 1 N–H and O–H groups in total. The first-order valence-corrected chi connectivity index (χ1v) is 8.81. The molecule has 1 heterocycles. The average molecular weight is 367 g/mol. The maximum Gasteiger partial charge on any atom is 0.328 e. The lowest BCUT2D eigenvalue weighted by molar-refractivity contribution is -0.148. The molecule has 0 saturated carbocycles. The van der Waals surface area contributed by atoms with E-state index >= 15 is 0 Å². The Bertz CT molecular complexity index is 542. The van der Waals surface area contributed by atoms with Crippen LogP contribution in [0.3, 0.4) is 0 Å². The number of nitrogens with one attached hydrogen (secondary N) is 1. The molecular formula is C19H29NO6. The molecule has 0 aromatic carbocycles. The Hall–Kier alpha value is -2.15. The maximum atomic E-state index is 11.9. The molecule has 7 heteroatoms. The van der Waals surface area contributed by atoms with Crippen LogP contribution in [0.1, 0.15) is 33.6 Å². The molecule has 146 valence electrons. The van der Waals surface area contributed by atoms with Crippen LogP contribution in [0.5, 0.6) is 0 Å². The zero-order chi connectivity index (χ0) is 19.5. The van der Waals surface area contributed by atoms with Gasteiger partial charge in [0.1, 0.15) is 12.6 Å². The van der Waals surface area contributed by atoms with Gasteiger partial charge in [-0.1, -0.05) is 38.2 Å². The second kappa shape index (κ2) is 11.5. The largest absolute Gasteiger partial charge is 0.464 e. The van der Waals surface area contributed by atoms with E-state index in [1.165, 1.54) is 0 Å². The second-order valence-electron chi connectivity index (χ2n) is 6.48. The predicted octanol–water partition coefficient (Wildman–Crippen LogP) is 1.77. The number of hydrogen-bond donors (Lipinski definition) is 1. The number of ether oxygens (including phenoxy) is 3. The van der Waals surface area contributed by atoms with E-state index in [-0.39, 0.29) is 55.9 Å². The maximum absolute atomic E-state index is 11.9. The number of rotatable bonds is 1. The van der Waals surface area contributed by atoms with Gasteiger partial charge >= 0.3 is 11.9 Å². The molecule has 7 nitrogen and oxygen atoms in total. The molecule has 0 saturated heterocycles. The minimum absolute atomic E-state index is 0.0440. The summed E-state index contributed by atoms with van der Waals surface area (Å²) in [6.07, 6.45) is 7.01. The summed E-state index contributed by atoms with van der Waals surface area (Å²) in [6, 6.07) is -0.718. The van der Waals surface area contributed by atoms with Gasteiger partial charge in [-0.3, -0.25) is 9.59 Å². The predicted molar refractivity (Wildman–Crippen MR) is 96.2 cm³/mol. The quantitative estimate of drug-likeness (QED) is 0.561. The monoisotopic (exact) mass is 367 g/mol. The van der Waals surface area contributed by atoms with Crippen LogP contribution in [0.15, 0.2) is 24.3 Å². The van der Waals surface area contributed by atoms with E-state index in [1.54, 1.807) is 32.3 Å². The van der Waals surface area contributed by atoms with Gasteiger partial charge in [0.05, 0.1) is 19.1 Å². The highest BCUT2D eigenvalue weighted by Crippen LogP contribution is 2.11. The molecule has 1 rings (SSSR count). The van der Waals surface area contributed by atoms with Crippen LogP contribution in [-0.2, 0) is 28.6 Å². The lowest BCUT2D eigenvalue weighted by Gasteiger charge is -2.20. The summed E-state index contributed by atoms with van der Waals surface area (Å²) in [7, 11) is 1.55. The van der Waals surface area contributed by atoms with Crippen molar-refractivity contribution in [3.8, 4) is 0 Å². The summed E-state index contributed by atoms with van der Waals surface area (Å²) in [6.45, 7) is 5.68. The number of methoxy groups -OCH3 is 1. The Morgan fingerprint density at radius 2 is 1.69 bits per heavy atom. The lowest BCUT2D eigenvalue weighted by Crippen LogP contribution is -2.39. The number of hydrogen-bond acceptors (Lipinski definition) is 6. The zero-order valence-corrected chi connectivity index (χ0v) is 15.9. The summed E-state index contributed by atoms with van der Waals surface area (Å²) in [5.41, 5.74) is 0. The Morgan fingerprint density at radius 1 is 1.00 bits per heavy atom. The molecule has 0 radical (unpaired) electrons. The fourth-order valence-corrected chi connectivity index (χ4v) is 2.33. The minimum atomic E-state index is -0.718. The molecule has 26 heavy (non-hydrogen) atoms. The van der Waals surface area contributed by atoms with Crippen LogP contribution >= 0.6 is 0 Å². The van der Waals surface area contributed by atoms with Crippen molar-refractivity contribution in [2.45, 2.75) is 45.8 Å². The highest BCUT2D eigenvalue weighted by molar-refractivity contribution is 5.84. The number of cyclic esters (lactones) is 2. The Kier molecular flexibility index (Phi) is 9.65. The van der Waals surface area contributed by atoms with E-state index < -0.39 is 12.0 Å². The first kappa shape index (κ1) is 21.9. The van der Waals surface area contributed by atoms with Gasteiger partial charge in [-0.05, 0) is 6.92 Å². The normalized spacial score (nSPS) is 32.4. The number of carbonyl (C=O) groups is 3. The van der Waals surface area contributed by atoms with Crippen molar-refractivity contribution in [2.24, 2.45) is 11.8 Å². The summed E-state index contributed by atoms with van der Waals surface area (Å²) >= 11 is 0. The second-order valence-corrected chi connectivity index (χ2v) is 6.48. The van der Waals surface area contributed by atoms with Gasteiger partial charge in [-0.25, -0.2) is 4.79 Å². The molecule has 0 aromatic rings. The molecule has 0 fully saturated rings. The Balaban J connectivity index is 2.80. The van der Waals surface area contributed by atoms with E-state index in [9.17, 15) is 14.4 Å². The number of amides is 1. The van der Waals surface area contributed by atoms with Gasteiger partial charge in [0.15, 0.2) is 0 Å². The van der Waals surface area contributed by atoms with Gasteiger partial charge < -0.3 is 19.5 Å². The third-order valence-electron chi connectivity index (χ3n) is 4.01. The molecule has 1 aliphatic heterocycles. The summed E-state index contributed by atoms with van der Waals surface area (Å²) in [5.74, 6) is -1.21. The average Bonchev–Trinajstić information content (AvgIpc) is 2.59. The molecule has 0 aliphatic carbocycles. The van der Waals surface area contributed by atoms with Crippen LogP contribution in [0, 0.1) is 11.8 Å². The van der Waals surface area contributed by atoms with Crippen molar-refractivity contribution in [2.75, 3.05) is 20.3 Å². The molecule has 0 spiro atoms. The Morgan fingerprint density at radius 3 is 2.38 bits per heavy atom. The van der Waals surface area contributed by atoms with E-state index in [0.717, 1.165) is 0 Å². The van der Waals surface area contributed by atoms with Crippen molar-refractivity contribution in [1.29, 1.82) is 0 Å². The highest BCUT2D eigenvalue weighted by Gasteiger charge is 2.19. The third-order valence-corrected chi connectivity index (χ3v) is 4.01. The van der Waals surface area contributed by atoms with Crippen molar-refractivity contribution in [3.63, 3.8) is 0 Å². The van der Waals surface area contributed by atoms with Crippen LogP contribution in [0.25, 0.3) is 0 Å². The van der Waals surface area contributed by atoms with Gasteiger partial charge in [-0.15, -0.1) is 0 Å². The zero-order valence-electron chi connectivity index (χ0n) is 15.9. The van der Waals surface area contributed by atoms with Crippen LogP contribution in [0.4, 0.5) is 0 Å². The number of carbonyl (C=O) groups excluding carboxylic acids is 3. The molecule has 0 bridgehead atoms. The first-order chi connectivity index (χ1) is 12.3. The molecule has 1 aliphatic rings. The summed E-state index contributed by atoms with van der Waals surface area (Å²) in [4.78, 5) is 35.6. The van der Waals surface area contributed by atoms with Crippen molar-refractivity contribution >= 4 is 17.8 Å². The topological polar surface area (TPSA) is 90.9 Å². The third kappa shape index (κ3) is 8.29. The van der Waals surface area contributed by atoms with Crippen molar-refractivity contribution in [3.05, 3.63) is 24.3 Å².